The molecule has 1 aromatic carbocycles. The number of benzene rings is 1. The van der Waals surface area contributed by atoms with Gasteiger partial charge in [-0.3, -0.25) is 4.79 Å². The first-order valence-corrected chi connectivity index (χ1v) is 6.95. The Morgan fingerprint density at radius 2 is 1.95 bits per heavy atom. The molecule has 0 bridgehead atoms. The van der Waals surface area contributed by atoms with E-state index in [0.717, 1.165) is 11.3 Å². The lowest BCUT2D eigenvalue weighted by molar-refractivity contribution is -0.137. The standard InChI is InChI=1S/C13H12F3NO2S/c14-7-6-8(15)13-12(11(7)16)17-9(20-13)4-2-1-3-5-10(18)19/h6H,1-5H2,(H,18,19). The fourth-order valence-corrected chi connectivity index (χ4v) is 2.87. The molecule has 20 heavy (non-hydrogen) atoms. The fourth-order valence-electron chi connectivity index (χ4n) is 1.86. The molecular formula is C13H12F3NO2S. The van der Waals surface area contributed by atoms with Crippen LogP contribution in [0.3, 0.4) is 0 Å². The molecule has 2 aromatic rings. The van der Waals surface area contributed by atoms with Crippen molar-refractivity contribution in [2.24, 2.45) is 0 Å². The van der Waals surface area contributed by atoms with Gasteiger partial charge in [0, 0.05) is 12.5 Å². The highest BCUT2D eigenvalue weighted by Gasteiger charge is 2.17. The molecule has 0 amide bonds. The summed E-state index contributed by atoms with van der Waals surface area (Å²) < 4.78 is 40.0. The van der Waals surface area contributed by atoms with Gasteiger partial charge in [0.2, 0.25) is 0 Å². The zero-order chi connectivity index (χ0) is 14.7. The number of fused-ring (bicyclic) bond motifs is 1. The third kappa shape index (κ3) is 3.27. The second-order valence-corrected chi connectivity index (χ2v) is 5.48. The van der Waals surface area contributed by atoms with Gasteiger partial charge in [0.25, 0.3) is 0 Å². The van der Waals surface area contributed by atoms with Crippen molar-refractivity contribution in [3.8, 4) is 0 Å². The van der Waals surface area contributed by atoms with Gasteiger partial charge >= 0.3 is 5.97 Å². The van der Waals surface area contributed by atoms with Gasteiger partial charge in [-0.15, -0.1) is 11.3 Å². The van der Waals surface area contributed by atoms with Gasteiger partial charge in [-0.25, -0.2) is 18.2 Å². The first kappa shape index (κ1) is 14.8. The summed E-state index contributed by atoms with van der Waals surface area (Å²) in [6, 6.07) is 0.520. The lowest BCUT2D eigenvalue weighted by Gasteiger charge is -1.96. The molecule has 1 N–H and O–H groups in total. The van der Waals surface area contributed by atoms with Crippen LogP contribution in [0.4, 0.5) is 13.2 Å². The quantitative estimate of drug-likeness (QED) is 0.650. The molecule has 0 radical (unpaired) electrons. The SMILES string of the molecule is O=C(O)CCCCCc1nc2c(F)c(F)cc(F)c2s1. The number of rotatable bonds is 6. The highest BCUT2D eigenvalue weighted by Crippen LogP contribution is 2.29. The molecule has 0 spiro atoms. The van der Waals surface area contributed by atoms with Crippen molar-refractivity contribution in [1.29, 1.82) is 0 Å². The van der Waals surface area contributed by atoms with Crippen molar-refractivity contribution >= 4 is 27.5 Å². The van der Waals surface area contributed by atoms with Crippen LogP contribution in [0.25, 0.3) is 10.2 Å². The van der Waals surface area contributed by atoms with Gasteiger partial charge in [-0.05, 0) is 19.3 Å². The lowest BCUT2D eigenvalue weighted by atomic mass is 10.1. The van der Waals surface area contributed by atoms with Gasteiger partial charge in [-0.1, -0.05) is 6.42 Å². The van der Waals surface area contributed by atoms with Crippen LogP contribution >= 0.6 is 11.3 Å². The minimum absolute atomic E-state index is 0.0180. The predicted molar refractivity (Wildman–Crippen MR) is 69.3 cm³/mol. The lowest BCUT2D eigenvalue weighted by Crippen LogP contribution is -1.94. The normalized spacial score (nSPS) is 11.2. The average Bonchev–Trinajstić information content (AvgIpc) is 2.80. The highest BCUT2D eigenvalue weighted by molar-refractivity contribution is 7.18. The number of carboxylic acids is 1. The summed E-state index contributed by atoms with van der Waals surface area (Å²) in [6.45, 7) is 0. The molecule has 1 heterocycles. The Balaban J connectivity index is 2.03. The summed E-state index contributed by atoms with van der Waals surface area (Å²) >= 11 is 1.00. The molecule has 0 saturated heterocycles. The van der Waals surface area contributed by atoms with E-state index in [-0.39, 0.29) is 16.6 Å². The Morgan fingerprint density at radius 3 is 2.65 bits per heavy atom. The number of hydrogen-bond donors (Lipinski definition) is 1. The molecule has 0 aliphatic carbocycles. The van der Waals surface area contributed by atoms with Crippen LogP contribution in [0.1, 0.15) is 30.7 Å². The van der Waals surface area contributed by atoms with Gasteiger partial charge in [0.05, 0.1) is 9.71 Å². The molecule has 108 valence electrons. The molecule has 0 aliphatic rings. The summed E-state index contributed by atoms with van der Waals surface area (Å²) in [5.41, 5.74) is -0.270. The summed E-state index contributed by atoms with van der Waals surface area (Å²) in [6.07, 6.45) is 2.53. The number of thiazole rings is 1. The Kier molecular flexibility index (Phi) is 4.59. The van der Waals surface area contributed by atoms with Gasteiger partial charge in [-0.2, -0.15) is 0 Å². The molecule has 0 saturated carbocycles. The Labute approximate surface area is 117 Å². The van der Waals surface area contributed by atoms with E-state index < -0.39 is 23.4 Å². The molecule has 0 fully saturated rings. The van der Waals surface area contributed by atoms with Gasteiger partial charge in [0.1, 0.15) is 11.3 Å². The summed E-state index contributed by atoms with van der Waals surface area (Å²) in [5.74, 6) is -4.03. The third-order valence-corrected chi connectivity index (χ3v) is 3.96. The van der Waals surface area contributed by atoms with Crippen LogP contribution in [0.5, 0.6) is 0 Å². The first-order valence-electron chi connectivity index (χ1n) is 6.13. The van der Waals surface area contributed by atoms with E-state index >= 15 is 0 Å². The molecule has 1 aromatic heterocycles. The number of aryl methyl sites for hydroxylation is 1. The number of nitrogens with zero attached hydrogens (tertiary/aromatic N) is 1. The maximum atomic E-state index is 13.5. The number of unbranched alkanes of at least 4 members (excludes halogenated alkanes) is 2. The molecular weight excluding hydrogens is 291 g/mol. The molecule has 0 unspecified atom stereocenters. The van der Waals surface area contributed by atoms with Crippen molar-refractivity contribution in [2.45, 2.75) is 32.1 Å². The third-order valence-electron chi connectivity index (χ3n) is 2.84. The van der Waals surface area contributed by atoms with Crippen LogP contribution in [0.15, 0.2) is 6.07 Å². The van der Waals surface area contributed by atoms with Crippen molar-refractivity contribution in [2.75, 3.05) is 0 Å². The fraction of sp³-hybridized carbons (Fsp3) is 0.385. The van der Waals surface area contributed by atoms with Crippen LogP contribution in [-0.4, -0.2) is 16.1 Å². The van der Waals surface area contributed by atoms with E-state index in [2.05, 4.69) is 4.98 Å². The van der Waals surface area contributed by atoms with Crippen molar-refractivity contribution in [1.82, 2.24) is 4.98 Å². The maximum absolute atomic E-state index is 13.5. The highest BCUT2D eigenvalue weighted by atomic mass is 32.1. The number of aromatic nitrogens is 1. The Morgan fingerprint density at radius 1 is 1.20 bits per heavy atom. The van der Waals surface area contributed by atoms with E-state index in [4.69, 9.17) is 5.11 Å². The predicted octanol–water partition coefficient (Wildman–Crippen LogP) is 3.90. The van der Waals surface area contributed by atoms with Crippen LogP contribution < -0.4 is 0 Å². The second-order valence-electron chi connectivity index (χ2n) is 4.39. The zero-order valence-electron chi connectivity index (χ0n) is 10.5. The van der Waals surface area contributed by atoms with Crippen LogP contribution in [-0.2, 0) is 11.2 Å². The molecule has 2 rings (SSSR count). The van der Waals surface area contributed by atoms with Crippen molar-refractivity contribution in [3.63, 3.8) is 0 Å². The first-order chi connectivity index (χ1) is 9.49. The summed E-state index contributed by atoms with van der Waals surface area (Å²) in [5, 5.41) is 9.01. The number of aliphatic carboxylic acids is 1. The molecule has 7 heteroatoms. The Bertz CT molecular complexity index is 642. The minimum atomic E-state index is -1.24. The number of carboxylic acid groups (broad SMARTS) is 1. The zero-order valence-corrected chi connectivity index (χ0v) is 11.3. The largest absolute Gasteiger partial charge is 0.481 e. The summed E-state index contributed by atoms with van der Waals surface area (Å²) in [4.78, 5) is 14.2. The Hall–Kier alpha value is -1.63. The van der Waals surface area contributed by atoms with E-state index in [0.29, 0.717) is 36.8 Å². The molecule has 3 nitrogen and oxygen atoms in total. The van der Waals surface area contributed by atoms with Gasteiger partial charge in [0.15, 0.2) is 11.6 Å². The van der Waals surface area contributed by atoms with E-state index in [9.17, 15) is 18.0 Å². The monoisotopic (exact) mass is 303 g/mol. The molecule has 0 atom stereocenters. The van der Waals surface area contributed by atoms with E-state index in [1.807, 2.05) is 0 Å². The van der Waals surface area contributed by atoms with Crippen molar-refractivity contribution in [3.05, 3.63) is 28.5 Å². The summed E-state index contributed by atoms with van der Waals surface area (Å²) in [7, 11) is 0. The van der Waals surface area contributed by atoms with Gasteiger partial charge < -0.3 is 5.11 Å². The number of carbonyl (C=O) groups is 1. The van der Waals surface area contributed by atoms with Crippen molar-refractivity contribution < 1.29 is 23.1 Å². The number of hydrogen-bond acceptors (Lipinski definition) is 3. The molecule has 0 aliphatic heterocycles. The van der Waals surface area contributed by atoms with E-state index in [1.165, 1.54) is 0 Å². The number of halogens is 3. The van der Waals surface area contributed by atoms with Crippen LogP contribution in [0, 0.1) is 17.5 Å². The minimum Gasteiger partial charge on any atom is -0.481 e. The maximum Gasteiger partial charge on any atom is 0.303 e. The smallest absolute Gasteiger partial charge is 0.303 e. The van der Waals surface area contributed by atoms with E-state index in [1.54, 1.807) is 0 Å². The second kappa shape index (κ2) is 6.21. The topological polar surface area (TPSA) is 50.2 Å². The average molecular weight is 303 g/mol. The van der Waals surface area contributed by atoms with Crippen LogP contribution in [0.2, 0.25) is 0 Å².